The van der Waals surface area contributed by atoms with Crippen LogP contribution < -0.4 is 10.9 Å². The molecular formula is C8H10N2O2. The molecule has 4 nitrogen and oxygen atoms in total. The molecule has 1 aromatic carbocycles. The lowest BCUT2D eigenvalue weighted by molar-refractivity contribution is 0.0938. The van der Waals surface area contributed by atoms with Gasteiger partial charge in [0.15, 0.2) is 0 Å². The normalized spacial score (nSPS) is 9.42. The predicted octanol–water partition coefficient (Wildman–Crippen LogP) is 0.256. The van der Waals surface area contributed by atoms with Gasteiger partial charge in [0.1, 0.15) is 5.75 Å². The van der Waals surface area contributed by atoms with Crippen molar-refractivity contribution in [3.63, 3.8) is 0 Å². The number of carbonyl (C=O) groups is 1. The van der Waals surface area contributed by atoms with E-state index in [1.165, 1.54) is 12.1 Å². The van der Waals surface area contributed by atoms with Crippen LogP contribution in [0.15, 0.2) is 24.3 Å². The van der Waals surface area contributed by atoms with Crippen LogP contribution in [0.3, 0.4) is 0 Å². The molecular weight excluding hydrogens is 156 g/mol. The lowest BCUT2D eigenvalue weighted by atomic mass is 10.2. The zero-order valence-electron chi connectivity index (χ0n) is 6.66. The van der Waals surface area contributed by atoms with Crippen LogP contribution in [0, 0.1) is 0 Å². The summed E-state index contributed by atoms with van der Waals surface area (Å²) < 4.78 is 0. The summed E-state index contributed by atoms with van der Waals surface area (Å²) in [6.45, 7) is 0. The SMILES string of the molecule is CNNC(=O)c1ccc(O)cc1. The molecule has 12 heavy (non-hydrogen) atoms. The maximum Gasteiger partial charge on any atom is 0.265 e. The van der Waals surface area contributed by atoms with E-state index in [1.807, 2.05) is 0 Å². The van der Waals surface area contributed by atoms with Gasteiger partial charge >= 0.3 is 0 Å². The molecule has 0 aliphatic heterocycles. The summed E-state index contributed by atoms with van der Waals surface area (Å²) in [5, 5.41) is 8.92. The van der Waals surface area contributed by atoms with Gasteiger partial charge in [0, 0.05) is 12.6 Å². The van der Waals surface area contributed by atoms with Crippen molar-refractivity contribution >= 4 is 5.91 Å². The van der Waals surface area contributed by atoms with Crippen LogP contribution in [-0.4, -0.2) is 18.1 Å². The van der Waals surface area contributed by atoms with Crippen molar-refractivity contribution in [3.8, 4) is 5.75 Å². The first-order valence-electron chi connectivity index (χ1n) is 3.50. The minimum atomic E-state index is -0.225. The first-order valence-corrected chi connectivity index (χ1v) is 3.50. The third-order valence-corrected chi connectivity index (χ3v) is 1.37. The van der Waals surface area contributed by atoms with E-state index in [0.717, 1.165) is 0 Å². The van der Waals surface area contributed by atoms with Crippen LogP contribution in [0.4, 0.5) is 0 Å². The van der Waals surface area contributed by atoms with Gasteiger partial charge in [0.25, 0.3) is 5.91 Å². The average Bonchev–Trinajstić information content (AvgIpc) is 2.06. The van der Waals surface area contributed by atoms with Crippen LogP contribution in [0.5, 0.6) is 5.75 Å². The number of phenols is 1. The lowest BCUT2D eigenvalue weighted by Gasteiger charge is -2.01. The molecule has 1 rings (SSSR count). The third-order valence-electron chi connectivity index (χ3n) is 1.37. The molecule has 0 fully saturated rings. The number of rotatable bonds is 2. The predicted molar refractivity (Wildman–Crippen MR) is 44.6 cm³/mol. The molecule has 0 aromatic heterocycles. The molecule has 0 saturated carbocycles. The first-order chi connectivity index (χ1) is 5.74. The minimum absolute atomic E-state index is 0.149. The number of amides is 1. The van der Waals surface area contributed by atoms with Gasteiger partial charge in [-0.1, -0.05) is 0 Å². The molecule has 0 heterocycles. The van der Waals surface area contributed by atoms with Crippen molar-refractivity contribution < 1.29 is 9.90 Å². The molecule has 0 radical (unpaired) electrons. The zero-order chi connectivity index (χ0) is 8.97. The van der Waals surface area contributed by atoms with Crippen LogP contribution in [0.25, 0.3) is 0 Å². The molecule has 4 heteroatoms. The highest BCUT2D eigenvalue weighted by Gasteiger charge is 2.01. The van der Waals surface area contributed by atoms with Crippen molar-refractivity contribution in [2.75, 3.05) is 7.05 Å². The number of hydrogen-bond acceptors (Lipinski definition) is 3. The van der Waals surface area contributed by atoms with E-state index in [2.05, 4.69) is 10.9 Å². The topological polar surface area (TPSA) is 61.4 Å². The first kappa shape index (κ1) is 8.55. The van der Waals surface area contributed by atoms with Crippen molar-refractivity contribution in [2.24, 2.45) is 0 Å². The summed E-state index contributed by atoms with van der Waals surface area (Å²) in [4.78, 5) is 11.1. The fourth-order valence-electron chi connectivity index (χ4n) is 0.799. The maximum absolute atomic E-state index is 11.1. The van der Waals surface area contributed by atoms with E-state index in [0.29, 0.717) is 5.56 Å². The number of carbonyl (C=O) groups excluding carboxylic acids is 1. The molecule has 64 valence electrons. The minimum Gasteiger partial charge on any atom is -0.508 e. The monoisotopic (exact) mass is 166 g/mol. The van der Waals surface area contributed by atoms with Crippen molar-refractivity contribution in [3.05, 3.63) is 29.8 Å². The van der Waals surface area contributed by atoms with Gasteiger partial charge in [-0.3, -0.25) is 10.2 Å². The fourth-order valence-corrected chi connectivity index (χ4v) is 0.799. The lowest BCUT2D eigenvalue weighted by Crippen LogP contribution is -2.33. The van der Waals surface area contributed by atoms with E-state index in [-0.39, 0.29) is 11.7 Å². The Morgan fingerprint density at radius 1 is 1.33 bits per heavy atom. The number of phenolic OH excluding ortho intramolecular Hbond substituents is 1. The molecule has 0 aliphatic carbocycles. The number of hydrazine groups is 1. The number of benzene rings is 1. The molecule has 0 spiro atoms. The Morgan fingerprint density at radius 2 is 1.92 bits per heavy atom. The number of nitrogens with one attached hydrogen (secondary N) is 2. The third kappa shape index (κ3) is 1.96. The van der Waals surface area contributed by atoms with E-state index in [9.17, 15) is 4.79 Å². The van der Waals surface area contributed by atoms with Crippen LogP contribution >= 0.6 is 0 Å². The number of hydrogen-bond donors (Lipinski definition) is 3. The Labute approximate surface area is 70.2 Å². The molecule has 1 aromatic rings. The highest BCUT2D eigenvalue weighted by atomic mass is 16.3. The maximum atomic E-state index is 11.1. The number of aromatic hydroxyl groups is 1. The Balaban J connectivity index is 2.75. The standard InChI is InChI=1S/C8H10N2O2/c1-9-10-8(12)6-2-4-7(11)5-3-6/h2-5,9,11H,1H3,(H,10,12). The second kappa shape index (κ2) is 3.73. The molecule has 1 amide bonds. The van der Waals surface area contributed by atoms with Gasteiger partial charge < -0.3 is 5.11 Å². The Hall–Kier alpha value is -1.55. The Morgan fingerprint density at radius 3 is 2.42 bits per heavy atom. The molecule has 0 unspecified atom stereocenters. The van der Waals surface area contributed by atoms with Crippen molar-refractivity contribution in [1.82, 2.24) is 10.9 Å². The smallest absolute Gasteiger partial charge is 0.265 e. The quantitative estimate of drug-likeness (QED) is 0.552. The largest absolute Gasteiger partial charge is 0.508 e. The summed E-state index contributed by atoms with van der Waals surface area (Å²) in [6, 6.07) is 6.01. The highest BCUT2D eigenvalue weighted by molar-refractivity contribution is 5.93. The van der Waals surface area contributed by atoms with E-state index >= 15 is 0 Å². The molecule has 0 aliphatic rings. The van der Waals surface area contributed by atoms with Gasteiger partial charge in [-0.2, -0.15) is 0 Å². The summed E-state index contributed by atoms with van der Waals surface area (Å²) in [7, 11) is 1.61. The van der Waals surface area contributed by atoms with Gasteiger partial charge in [-0.05, 0) is 24.3 Å². The van der Waals surface area contributed by atoms with E-state index in [1.54, 1.807) is 19.2 Å². The van der Waals surface area contributed by atoms with E-state index < -0.39 is 0 Å². The van der Waals surface area contributed by atoms with E-state index in [4.69, 9.17) is 5.11 Å². The zero-order valence-corrected chi connectivity index (χ0v) is 6.66. The summed E-state index contributed by atoms with van der Waals surface area (Å²) >= 11 is 0. The Bertz CT molecular complexity index is 269. The fraction of sp³-hybridized carbons (Fsp3) is 0.125. The molecule has 0 saturated heterocycles. The average molecular weight is 166 g/mol. The Kier molecular flexibility index (Phi) is 2.66. The summed E-state index contributed by atoms with van der Waals surface area (Å²) in [6.07, 6.45) is 0. The van der Waals surface area contributed by atoms with Crippen molar-refractivity contribution in [1.29, 1.82) is 0 Å². The van der Waals surface area contributed by atoms with Crippen LogP contribution in [0.1, 0.15) is 10.4 Å². The second-order valence-corrected chi connectivity index (χ2v) is 2.25. The van der Waals surface area contributed by atoms with Crippen LogP contribution in [-0.2, 0) is 0 Å². The van der Waals surface area contributed by atoms with Crippen LogP contribution in [0.2, 0.25) is 0 Å². The van der Waals surface area contributed by atoms with Crippen molar-refractivity contribution in [2.45, 2.75) is 0 Å². The second-order valence-electron chi connectivity index (χ2n) is 2.25. The highest BCUT2D eigenvalue weighted by Crippen LogP contribution is 2.08. The van der Waals surface area contributed by atoms with Gasteiger partial charge in [-0.25, -0.2) is 5.43 Å². The summed E-state index contributed by atoms with van der Waals surface area (Å²) in [5.74, 6) is -0.0755. The molecule has 0 atom stereocenters. The molecule has 0 bridgehead atoms. The summed E-state index contributed by atoms with van der Waals surface area (Å²) in [5.41, 5.74) is 5.43. The van der Waals surface area contributed by atoms with Gasteiger partial charge in [0.05, 0.1) is 0 Å². The van der Waals surface area contributed by atoms with Gasteiger partial charge in [-0.15, -0.1) is 0 Å². The molecule has 3 N–H and O–H groups in total. The van der Waals surface area contributed by atoms with Gasteiger partial charge in [0.2, 0.25) is 0 Å².